The summed E-state index contributed by atoms with van der Waals surface area (Å²) in [5.41, 5.74) is 0.491. The molecule has 0 atom stereocenters. The zero-order chi connectivity index (χ0) is 15.2. The van der Waals surface area contributed by atoms with E-state index in [1.165, 1.54) is 0 Å². The number of hydrogen-bond acceptors (Lipinski definition) is 3. The van der Waals surface area contributed by atoms with Gasteiger partial charge in [0.2, 0.25) is 0 Å². The van der Waals surface area contributed by atoms with Gasteiger partial charge in [0.1, 0.15) is 0 Å². The van der Waals surface area contributed by atoms with Crippen molar-refractivity contribution < 1.29 is 9.90 Å². The van der Waals surface area contributed by atoms with Gasteiger partial charge in [0.05, 0.1) is 5.56 Å². The Hall–Kier alpha value is -0.710. The lowest BCUT2D eigenvalue weighted by atomic mass is 9.89. The number of carbonyl (C=O) groups excluding carboxylic acids is 1. The number of carbonyl (C=O) groups is 1. The fourth-order valence-electron chi connectivity index (χ4n) is 1.77. The Kier molecular flexibility index (Phi) is 6.86. The van der Waals surface area contributed by atoms with Crippen molar-refractivity contribution in [3.63, 3.8) is 0 Å². The summed E-state index contributed by atoms with van der Waals surface area (Å²) in [4.78, 5) is 13.2. The molecule has 20 heavy (non-hydrogen) atoms. The Balaban J connectivity index is 2.79. The lowest BCUT2D eigenvalue weighted by Crippen LogP contribution is -2.34. The van der Waals surface area contributed by atoms with E-state index in [9.17, 15) is 4.79 Å². The van der Waals surface area contributed by atoms with Crippen molar-refractivity contribution in [2.45, 2.75) is 32.1 Å². The molecule has 0 saturated carbocycles. The number of rotatable bonds is 7. The molecule has 0 spiro atoms. The van der Waals surface area contributed by atoms with Gasteiger partial charge in [-0.1, -0.05) is 32.4 Å². The summed E-state index contributed by atoms with van der Waals surface area (Å²) < 4.78 is 0. The SMILES string of the molecule is CCSc1ccc(Cl)cc1C(=O)NCC(C)(C)CCO. The normalized spacial score (nSPS) is 11.4. The topological polar surface area (TPSA) is 49.3 Å². The molecule has 0 saturated heterocycles. The van der Waals surface area contributed by atoms with E-state index in [1.54, 1.807) is 23.9 Å². The van der Waals surface area contributed by atoms with E-state index in [1.807, 2.05) is 26.8 Å². The fourth-order valence-corrected chi connectivity index (χ4v) is 2.72. The van der Waals surface area contributed by atoms with Gasteiger partial charge in [0, 0.05) is 23.1 Å². The minimum atomic E-state index is -0.124. The van der Waals surface area contributed by atoms with E-state index in [2.05, 4.69) is 5.32 Å². The van der Waals surface area contributed by atoms with Crippen LogP contribution in [0.15, 0.2) is 23.1 Å². The van der Waals surface area contributed by atoms with Crippen molar-refractivity contribution in [2.75, 3.05) is 18.9 Å². The Morgan fingerprint density at radius 3 is 2.75 bits per heavy atom. The smallest absolute Gasteiger partial charge is 0.252 e. The third kappa shape index (κ3) is 5.35. The van der Waals surface area contributed by atoms with Crippen LogP contribution in [-0.2, 0) is 0 Å². The van der Waals surface area contributed by atoms with Crippen LogP contribution in [0.5, 0.6) is 0 Å². The zero-order valence-electron chi connectivity index (χ0n) is 12.2. The van der Waals surface area contributed by atoms with E-state index in [-0.39, 0.29) is 17.9 Å². The van der Waals surface area contributed by atoms with E-state index >= 15 is 0 Å². The number of aliphatic hydroxyl groups is 1. The third-order valence-electron chi connectivity index (χ3n) is 3.00. The molecule has 0 radical (unpaired) electrons. The highest BCUT2D eigenvalue weighted by Crippen LogP contribution is 2.26. The number of hydrogen-bond donors (Lipinski definition) is 2. The standard InChI is InChI=1S/C15H22ClNO2S/c1-4-20-13-6-5-11(16)9-12(13)14(19)17-10-15(2,3)7-8-18/h5-6,9,18H,4,7-8,10H2,1-3H3,(H,17,19). The lowest BCUT2D eigenvalue weighted by molar-refractivity contribution is 0.0925. The van der Waals surface area contributed by atoms with Crippen LogP contribution >= 0.6 is 23.4 Å². The van der Waals surface area contributed by atoms with Crippen molar-refractivity contribution in [3.05, 3.63) is 28.8 Å². The van der Waals surface area contributed by atoms with Crippen LogP contribution in [0.1, 0.15) is 37.6 Å². The largest absolute Gasteiger partial charge is 0.396 e. The molecule has 1 aromatic carbocycles. The first-order chi connectivity index (χ1) is 9.39. The first-order valence-corrected chi connectivity index (χ1v) is 8.07. The van der Waals surface area contributed by atoms with Gasteiger partial charge in [-0.3, -0.25) is 4.79 Å². The maximum atomic E-state index is 12.3. The molecule has 0 aliphatic rings. The predicted molar refractivity (Wildman–Crippen MR) is 85.7 cm³/mol. The van der Waals surface area contributed by atoms with Crippen LogP contribution in [-0.4, -0.2) is 29.9 Å². The van der Waals surface area contributed by atoms with Gasteiger partial charge in [-0.05, 0) is 35.8 Å². The highest BCUT2D eigenvalue weighted by molar-refractivity contribution is 7.99. The van der Waals surface area contributed by atoms with Crippen molar-refractivity contribution in [2.24, 2.45) is 5.41 Å². The van der Waals surface area contributed by atoms with Crippen molar-refractivity contribution in [1.29, 1.82) is 0 Å². The molecular weight excluding hydrogens is 294 g/mol. The Bertz CT molecular complexity index is 463. The molecule has 0 bridgehead atoms. The molecule has 0 fully saturated rings. The van der Waals surface area contributed by atoms with Crippen molar-refractivity contribution in [3.8, 4) is 0 Å². The van der Waals surface area contributed by atoms with Crippen LogP contribution in [0.4, 0.5) is 0 Å². The second-order valence-corrected chi connectivity index (χ2v) is 7.14. The van der Waals surface area contributed by atoms with Crippen molar-refractivity contribution in [1.82, 2.24) is 5.32 Å². The van der Waals surface area contributed by atoms with Crippen LogP contribution in [0, 0.1) is 5.41 Å². The summed E-state index contributed by atoms with van der Waals surface area (Å²) in [5, 5.41) is 12.5. The molecular formula is C15H22ClNO2S. The highest BCUT2D eigenvalue weighted by atomic mass is 35.5. The van der Waals surface area contributed by atoms with Gasteiger partial charge in [0.15, 0.2) is 0 Å². The van der Waals surface area contributed by atoms with Crippen LogP contribution < -0.4 is 5.32 Å². The van der Waals surface area contributed by atoms with E-state index < -0.39 is 0 Å². The summed E-state index contributed by atoms with van der Waals surface area (Å²) in [7, 11) is 0. The average Bonchev–Trinajstić information content (AvgIpc) is 2.38. The molecule has 5 heteroatoms. The van der Waals surface area contributed by atoms with Gasteiger partial charge < -0.3 is 10.4 Å². The number of thioether (sulfide) groups is 1. The number of amides is 1. The molecule has 0 aliphatic carbocycles. The van der Waals surface area contributed by atoms with Crippen molar-refractivity contribution >= 4 is 29.3 Å². The second kappa shape index (κ2) is 7.91. The van der Waals surface area contributed by atoms with Gasteiger partial charge in [-0.15, -0.1) is 11.8 Å². The average molecular weight is 316 g/mol. The van der Waals surface area contributed by atoms with E-state index in [0.29, 0.717) is 23.6 Å². The minimum Gasteiger partial charge on any atom is -0.396 e. The quantitative estimate of drug-likeness (QED) is 0.756. The first kappa shape index (κ1) is 17.3. The van der Waals surface area contributed by atoms with Crippen LogP contribution in [0.2, 0.25) is 5.02 Å². The fraction of sp³-hybridized carbons (Fsp3) is 0.533. The third-order valence-corrected chi connectivity index (χ3v) is 4.19. The van der Waals surface area contributed by atoms with E-state index in [0.717, 1.165) is 10.6 Å². The predicted octanol–water partition coefficient (Wildman–Crippen LogP) is 3.59. The zero-order valence-corrected chi connectivity index (χ0v) is 13.8. The highest BCUT2D eigenvalue weighted by Gasteiger charge is 2.20. The molecule has 0 aromatic heterocycles. The Morgan fingerprint density at radius 1 is 1.45 bits per heavy atom. The maximum Gasteiger partial charge on any atom is 0.252 e. The summed E-state index contributed by atoms with van der Waals surface area (Å²) in [6, 6.07) is 5.38. The summed E-state index contributed by atoms with van der Waals surface area (Å²) in [6.45, 7) is 6.73. The Labute approximate surface area is 130 Å². The molecule has 0 unspecified atom stereocenters. The molecule has 3 nitrogen and oxygen atoms in total. The molecule has 1 aromatic rings. The lowest BCUT2D eigenvalue weighted by Gasteiger charge is -2.24. The molecule has 1 amide bonds. The number of nitrogens with one attached hydrogen (secondary N) is 1. The van der Waals surface area contributed by atoms with Gasteiger partial charge in [-0.25, -0.2) is 0 Å². The number of aliphatic hydroxyl groups excluding tert-OH is 1. The van der Waals surface area contributed by atoms with Gasteiger partial charge in [-0.2, -0.15) is 0 Å². The summed E-state index contributed by atoms with van der Waals surface area (Å²) in [5.74, 6) is 0.784. The summed E-state index contributed by atoms with van der Waals surface area (Å²) in [6.07, 6.45) is 0.652. The monoisotopic (exact) mass is 315 g/mol. The molecule has 1 rings (SSSR count). The Morgan fingerprint density at radius 2 is 2.15 bits per heavy atom. The van der Waals surface area contributed by atoms with Crippen LogP contribution in [0.3, 0.4) is 0 Å². The molecule has 2 N–H and O–H groups in total. The molecule has 0 heterocycles. The second-order valence-electron chi connectivity index (χ2n) is 5.39. The number of halogens is 1. The first-order valence-electron chi connectivity index (χ1n) is 6.71. The van der Waals surface area contributed by atoms with Gasteiger partial charge in [0.25, 0.3) is 5.91 Å². The summed E-state index contributed by atoms with van der Waals surface area (Å²) >= 11 is 7.60. The molecule has 112 valence electrons. The molecule has 0 aliphatic heterocycles. The number of benzene rings is 1. The maximum absolute atomic E-state index is 12.3. The van der Waals surface area contributed by atoms with Gasteiger partial charge >= 0.3 is 0 Å². The minimum absolute atomic E-state index is 0.116. The van der Waals surface area contributed by atoms with E-state index in [4.69, 9.17) is 16.7 Å². The van der Waals surface area contributed by atoms with Crippen LogP contribution in [0.25, 0.3) is 0 Å².